The van der Waals surface area contributed by atoms with Gasteiger partial charge >= 0.3 is 6.18 Å². The summed E-state index contributed by atoms with van der Waals surface area (Å²) in [6.45, 7) is 1.72. The van der Waals surface area contributed by atoms with Crippen LogP contribution in [0.5, 0.6) is 0 Å². The van der Waals surface area contributed by atoms with Crippen molar-refractivity contribution >= 4 is 11.9 Å². The summed E-state index contributed by atoms with van der Waals surface area (Å²) >= 11 is 0. The van der Waals surface area contributed by atoms with Crippen LogP contribution >= 0.6 is 0 Å². The molecule has 0 aliphatic carbocycles. The van der Waals surface area contributed by atoms with Gasteiger partial charge in [0.25, 0.3) is 5.91 Å². The third kappa shape index (κ3) is 2.79. The van der Waals surface area contributed by atoms with Gasteiger partial charge in [-0.2, -0.15) is 18.2 Å². The summed E-state index contributed by atoms with van der Waals surface area (Å²) in [6.07, 6.45) is -4.62. The number of aromatic nitrogens is 3. The number of anilines is 1. The van der Waals surface area contributed by atoms with Crippen LogP contribution in [0.1, 0.15) is 21.7 Å². The fourth-order valence-electron chi connectivity index (χ4n) is 1.68. The van der Waals surface area contributed by atoms with Crippen molar-refractivity contribution in [1.29, 1.82) is 0 Å². The van der Waals surface area contributed by atoms with Crippen LogP contribution in [0.15, 0.2) is 24.3 Å². The molecule has 0 aliphatic rings. The molecule has 0 bridgehead atoms. The number of carbonyl (C=O) groups is 1. The molecule has 5 nitrogen and oxygen atoms in total. The number of nitrogens with zero attached hydrogens (tertiary/aromatic N) is 3. The Kier molecular flexibility index (Phi) is 3.47. The zero-order valence-corrected chi connectivity index (χ0v) is 10.7. The highest BCUT2D eigenvalue weighted by atomic mass is 19.4. The molecular weight excluding hydrogens is 273 g/mol. The molecule has 20 heavy (non-hydrogen) atoms. The number of aryl methyl sites for hydroxylation is 2. The number of hydrogen-bond acceptors (Lipinski definition) is 3. The molecule has 1 aromatic carbocycles. The number of hydrogen-bond donors (Lipinski definition) is 1. The SMILES string of the molecule is Cc1ccccc1C(=O)Nc1nc(C(F)(F)F)n(C)n1. The second kappa shape index (κ2) is 4.95. The van der Waals surface area contributed by atoms with Crippen LogP contribution in [0.25, 0.3) is 0 Å². The lowest BCUT2D eigenvalue weighted by Gasteiger charge is -2.04. The van der Waals surface area contributed by atoms with Crippen molar-refractivity contribution in [3.8, 4) is 0 Å². The van der Waals surface area contributed by atoms with Crippen LogP contribution in [0, 0.1) is 6.92 Å². The highest BCUT2D eigenvalue weighted by molar-refractivity contribution is 6.04. The second-order valence-electron chi connectivity index (χ2n) is 4.15. The minimum atomic E-state index is -4.62. The topological polar surface area (TPSA) is 59.8 Å². The molecule has 1 aromatic heterocycles. The minimum Gasteiger partial charge on any atom is -0.289 e. The van der Waals surface area contributed by atoms with Crippen molar-refractivity contribution in [1.82, 2.24) is 14.8 Å². The van der Waals surface area contributed by atoms with E-state index in [4.69, 9.17) is 0 Å². The Morgan fingerprint density at radius 1 is 1.30 bits per heavy atom. The highest BCUT2D eigenvalue weighted by Gasteiger charge is 2.37. The normalized spacial score (nSPS) is 11.4. The summed E-state index contributed by atoms with van der Waals surface area (Å²) in [4.78, 5) is 15.2. The van der Waals surface area contributed by atoms with Gasteiger partial charge in [-0.05, 0) is 18.6 Å². The Hall–Kier alpha value is -2.38. The van der Waals surface area contributed by atoms with Crippen molar-refractivity contribution in [2.24, 2.45) is 7.05 Å². The van der Waals surface area contributed by atoms with E-state index < -0.39 is 17.9 Å². The smallest absolute Gasteiger partial charge is 0.289 e. The van der Waals surface area contributed by atoms with E-state index in [0.717, 1.165) is 7.05 Å². The summed E-state index contributed by atoms with van der Waals surface area (Å²) < 4.78 is 38.2. The first-order valence-corrected chi connectivity index (χ1v) is 5.64. The van der Waals surface area contributed by atoms with E-state index in [1.807, 2.05) is 0 Å². The van der Waals surface area contributed by atoms with Crippen molar-refractivity contribution in [3.05, 3.63) is 41.2 Å². The lowest BCUT2D eigenvalue weighted by Crippen LogP contribution is -2.14. The van der Waals surface area contributed by atoms with E-state index in [-0.39, 0.29) is 5.95 Å². The molecule has 0 unspecified atom stereocenters. The van der Waals surface area contributed by atoms with Crippen LogP contribution in [0.3, 0.4) is 0 Å². The lowest BCUT2D eigenvalue weighted by atomic mass is 10.1. The molecule has 106 valence electrons. The number of alkyl halides is 3. The number of nitrogens with one attached hydrogen (secondary N) is 1. The Balaban J connectivity index is 2.23. The van der Waals surface area contributed by atoms with Crippen molar-refractivity contribution in [2.45, 2.75) is 13.1 Å². The molecule has 0 atom stereocenters. The second-order valence-corrected chi connectivity index (χ2v) is 4.15. The van der Waals surface area contributed by atoms with E-state index >= 15 is 0 Å². The number of benzene rings is 1. The van der Waals surface area contributed by atoms with Gasteiger partial charge in [0.1, 0.15) is 0 Å². The summed E-state index contributed by atoms with van der Waals surface area (Å²) in [6, 6.07) is 6.71. The van der Waals surface area contributed by atoms with Crippen LogP contribution in [-0.4, -0.2) is 20.7 Å². The Morgan fingerprint density at radius 2 is 1.95 bits per heavy atom. The number of rotatable bonds is 2. The predicted molar refractivity (Wildman–Crippen MR) is 65.1 cm³/mol. The van der Waals surface area contributed by atoms with E-state index in [1.165, 1.54) is 0 Å². The molecule has 0 saturated heterocycles. The quantitative estimate of drug-likeness (QED) is 0.921. The maximum absolute atomic E-state index is 12.6. The monoisotopic (exact) mass is 284 g/mol. The van der Waals surface area contributed by atoms with Gasteiger partial charge in [-0.15, -0.1) is 5.10 Å². The molecule has 2 aromatic rings. The van der Waals surface area contributed by atoms with Gasteiger partial charge in [0.05, 0.1) is 0 Å². The average Bonchev–Trinajstić information content (AvgIpc) is 2.70. The molecular formula is C12H11F3N4O. The first kappa shape index (κ1) is 14.0. The van der Waals surface area contributed by atoms with Crippen molar-refractivity contribution in [2.75, 3.05) is 5.32 Å². The zero-order valence-electron chi connectivity index (χ0n) is 10.7. The summed E-state index contributed by atoms with van der Waals surface area (Å²) in [5.41, 5.74) is 1.06. The number of halogens is 3. The maximum atomic E-state index is 12.6. The average molecular weight is 284 g/mol. The minimum absolute atomic E-state index is 0.355. The van der Waals surface area contributed by atoms with Crippen LogP contribution in [0.4, 0.5) is 19.1 Å². The van der Waals surface area contributed by atoms with Crippen LogP contribution in [0.2, 0.25) is 0 Å². The number of amides is 1. The standard InChI is InChI=1S/C12H11F3N4O/c1-7-5-3-4-6-8(7)9(20)16-11-17-10(12(13,14)15)19(2)18-11/h3-6H,1-2H3,(H,16,18,20). The van der Waals surface area contributed by atoms with Crippen LogP contribution in [-0.2, 0) is 13.2 Å². The summed E-state index contributed by atoms with van der Waals surface area (Å²) in [5.74, 6) is -2.10. The van der Waals surface area contributed by atoms with Gasteiger partial charge in [0, 0.05) is 12.6 Å². The molecule has 2 rings (SSSR count). The van der Waals surface area contributed by atoms with Crippen molar-refractivity contribution in [3.63, 3.8) is 0 Å². The summed E-state index contributed by atoms with van der Waals surface area (Å²) in [7, 11) is 1.11. The molecule has 8 heteroatoms. The molecule has 0 saturated carbocycles. The third-order valence-corrected chi connectivity index (χ3v) is 2.63. The largest absolute Gasteiger partial charge is 0.451 e. The fourth-order valence-corrected chi connectivity index (χ4v) is 1.68. The molecule has 0 spiro atoms. The third-order valence-electron chi connectivity index (χ3n) is 2.63. The molecule has 1 heterocycles. The predicted octanol–water partition coefficient (Wildman–Crippen LogP) is 2.39. The molecule has 1 amide bonds. The van der Waals surface area contributed by atoms with E-state index in [0.29, 0.717) is 15.8 Å². The van der Waals surface area contributed by atoms with Gasteiger partial charge in [-0.1, -0.05) is 18.2 Å². The Morgan fingerprint density at radius 3 is 2.50 bits per heavy atom. The maximum Gasteiger partial charge on any atom is 0.451 e. The molecule has 0 aliphatic heterocycles. The first-order valence-electron chi connectivity index (χ1n) is 5.64. The fraction of sp³-hybridized carbons (Fsp3) is 0.250. The van der Waals surface area contributed by atoms with E-state index in [2.05, 4.69) is 15.4 Å². The molecule has 0 radical (unpaired) electrons. The van der Waals surface area contributed by atoms with E-state index in [9.17, 15) is 18.0 Å². The lowest BCUT2D eigenvalue weighted by molar-refractivity contribution is -0.147. The summed E-state index contributed by atoms with van der Waals surface area (Å²) in [5, 5.41) is 5.78. The van der Waals surface area contributed by atoms with Gasteiger partial charge in [-0.25, -0.2) is 4.68 Å². The molecule has 1 N–H and O–H groups in total. The Labute approximate surface area is 112 Å². The van der Waals surface area contributed by atoms with E-state index in [1.54, 1.807) is 31.2 Å². The van der Waals surface area contributed by atoms with Gasteiger partial charge < -0.3 is 0 Å². The van der Waals surface area contributed by atoms with Gasteiger partial charge in [0.15, 0.2) is 0 Å². The highest BCUT2D eigenvalue weighted by Crippen LogP contribution is 2.27. The molecule has 0 fully saturated rings. The number of carbonyl (C=O) groups excluding carboxylic acids is 1. The van der Waals surface area contributed by atoms with Crippen molar-refractivity contribution < 1.29 is 18.0 Å². The van der Waals surface area contributed by atoms with Crippen LogP contribution < -0.4 is 5.32 Å². The Bertz CT molecular complexity index is 648. The first-order chi connectivity index (χ1) is 9.29. The zero-order chi connectivity index (χ0) is 14.9. The van der Waals surface area contributed by atoms with Gasteiger partial charge in [-0.3, -0.25) is 10.1 Å². The van der Waals surface area contributed by atoms with Gasteiger partial charge in [0.2, 0.25) is 11.8 Å².